The third-order valence-corrected chi connectivity index (χ3v) is 3.05. The lowest BCUT2D eigenvalue weighted by atomic mass is 9.91. The average molecular weight is 203 g/mol. The molecule has 0 bridgehead atoms. The smallest absolute Gasteiger partial charge is 0.139 e. The minimum absolute atomic E-state index is 0.239. The van der Waals surface area contributed by atoms with E-state index in [1.807, 2.05) is 0 Å². The highest BCUT2D eigenvalue weighted by molar-refractivity contribution is 6.32. The molecular weight excluding hydrogens is 181 g/mol. The van der Waals surface area contributed by atoms with Crippen molar-refractivity contribution in [3.05, 3.63) is 24.3 Å². The lowest BCUT2D eigenvalue weighted by Gasteiger charge is -2.30. The Balaban J connectivity index is 2.74. The first kappa shape index (κ1) is 12.2. The summed E-state index contributed by atoms with van der Waals surface area (Å²) in [4.78, 5) is 0. The van der Waals surface area contributed by atoms with Gasteiger partial charge in [-0.1, -0.05) is 37.9 Å². The molecule has 1 rings (SSSR count). The molecule has 1 atom stereocenters. The van der Waals surface area contributed by atoms with E-state index in [1.165, 1.54) is 24.0 Å². The van der Waals surface area contributed by atoms with E-state index >= 15 is 0 Å². The van der Waals surface area contributed by atoms with Gasteiger partial charge in [-0.25, -0.2) is 0 Å². The van der Waals surface area contributed by atoms with E-state index in [1.54, 1.807) is 0 Å². The molecule has 1 aromatic rings. The van der Waals surface area contributed by atoms with Crippen molar-refractivity contribution in [2.75, 3.05) is 5.32 Å². The summed E-state index contributed by atoms with van der Waals surface area (Å²) in [7, 11) is 2.13. The van der Waals surface area contributed by atoms with Gasteiger partial charge in [0.15, 0.2) is 0 Å². The maximum atomic E-state index is 3.65. The summed E-state index contributed by atoms with van der Waals surface area (Å²) >= 11 is 0. The third-order valence-electron chi connectivity index (χ3n) is 3.05. The highest BCUT2D eigenvalue weighted by Crippen LogP contribution is 2.22. The zero-order valence-corrected chi connectivity index (χ0v) is 10.4. The van der Waals surface area contributed by atoms with E-state index < -0.39 is 0 Å². The summed E-state index contributed by atoms with van der Waals surface area (Å²) in [6.45, 7) is 6.79. The third kappa shape index (κ3) is 3.62. The van der Waals surface area contributed by atoms with Crippen LogP contribution in [0.5, 0.6) is 0 Å². The predicted molar refractivity (Wildman–Crippen MR) is 71.8 cm³/mol. The van der Waals surface area contributed by atoms with Gasteiger partial charge < -0.3 is 5.32 Å². The van der Waals surface area contributed by atoms with Crippen LogP contribution in [-0.4, -0.2) is 13.4 Å². The van der Waals surface area contributed by atoms with E-state index in [0.717, 1.165) is 6.42 Å². The second kappa shape index (κ2) is 5.25. The van der Waals surface area contributed by atoms with Gasteiger partial charge in [0.2, 0.25) is 0 Å². The molecule has 0 aliphatic carbocycles. The van der Waals surface area contributed by atoms with Crippen LogP contribution < -0.4 is 10.8 Å². The Morgan fingerprint density at radius 1 is 1.33 bits per heavy atom. The molecule has 1 aromatic carbocycles. The fourth-order valence-corrected chi connectivity index (χ4v) is 1.95. The van der Waals surface area contributed by atoms with Crippen LogP contribution in [0.15, 0.2) is 24.3 Å². The van der Waals surface area contributed by atoms with Crippen LogP contribution >= 0.6 is 0 Å². The molecule has 0 radical (unpaired) electrons. The number of hydrogen-bond donors (Lipinski definition) is 1. The number of anilines is 1. The minimum Gasteiger partial charge on any atom is -0.380 e. The molecule has 0 aromatic heterocycles. The van der Waals surface area contributed by atoms with Crippen LogP contribution in [0.25, 0.3) is 0 Å². The fourth-order valence-electron chi connectivity index (χ4n) is 1.95. The minimum atomic E-state index is 0.239. The van der Waals surface area contributed by atoms with Crippen molar-refractivity contribution in [1.29, 1.82) is 0 Å². The topological polar surface area (TPSA) is 12.0 Å². The van der Waals surface area contributed by atoms with Gasteiger partial charge in [-0.3, -0.25) is 0 Å². The largest absolute Gasteiger partial charge is 0.380 e. The molecule has 82 valence electrons. The predicted octanol–water partition coefficient (Wildman–Crippen LogP) is 2.33. The normalized spacial score (nSPS) is 14.6. The van der Waals surface area contributed by atoms with Crippen molar-refractivity contribution >= 4 is 19.0 Å². The van der Waals surface area contributed by atoms with Gasteiger partial charge in [-0.15, -0.1) is 0 Å². The maximum absolute atomic E-state index is 3.65. The monoisotopic (exact) mass is 203 g/mol. The van der Waals surface area contributed by atoms with Crippen molar-refractivity contribution in [3.8, 4) is 0 Å². The Hall–Kier alpha value is -0.915. The maximum Gasteiger partial charge on any atom is 0.139 e. The van der Waals surface area contributed by atoms with Gasteiger partial charge in [0.1, 0.15) is 7.85 Å². The summed E-state index contributed by atoms with van der Waals surface area (Å²) in [5, 5.41) is 3.65. The molecular formula is C13H22BN. The molecule has 0 aliphatic rings. The standard InChI is InChI=1S/C13H22BN/c1-4-9-13(3,5-2)15-12-8-6-7-11(14)10-12/h6-8,10,15H,4-5,9,14H2,1-3H3. The summed E-state index contributed by atoms with van der Waals surface area (Å²) in [5.74, 6) is 0. The summed E-state index contributed by atoms with van der Waals surface area (Å²) < 4.78 is 0. The number of rotatable bonds is 5. The van der Waals surface area contributed by atoms with E-state index in [9.17, 15) is 0 Å². The number of nitrogens with one attached hydrogen (secondary N) is 1. The van der Waals surface area contributed by atoms with E-state index in [0.29, 0.717) is 0 Å². The molecule has 0 aliphatic heterocycles. The molecule has 15 heavy (non-hydrogen) atoms. The molecule has 0 amide bonds. The summed E-state index contributed by atoms with van der Waals surface area (Å²) in [6, 6.07) is 8.61. The second-order valence-corrected chi connectivity index (χ2v) is 4.66. The van der Waals surface area contributed by atoms with E-state index in [4.69, 9.17) is 0 Å². The van der Waals surface area contributed by atoms with Crippen LogP contribution in [0.2, 0.25) is 0 Å². The molecule has 2 heteroatoms. The molecule has 0 saturated heterocycles. The van der Waals surface area contributed by atoms with Crippen LogP contribution in [0.4, 0.5) is 5.69 Å². The van der Waals surface area contributed by atoms with Gasteiger partial charge in [0.25, 0.3) is 0 Å². The molecule has 1 N–H and O–H groups in total. The molecule has 1 nitrogen and oxygen atoms in total. The lowest BCUT2D eigenvalue weighted by Crippen LogP contribution is -2.33. The van der Waals surface area contributed by atoms with Crippen LogP contribution in [-0.2, 0) is 0 Å². The summed E-state index contributed by atoms with van der Waals surface area (Å²) in [6.07, 6.45) is 3.61. The highest BCUT2D eigenvalue weighted by atomic mass is 15.0. The zero-order valence-electron chi connectivity index (χ0n) is 10.4. The second-order valence-electron chi connectivity index (χ2n) is 4.66. The van der Waals surface area contributed by atoms with Gasteiger partial charge in [-0.2, -0.15) is 0 Å². The first-order valence-corrected chi connectivity index (χ1v) is 5.94. The average Bonchev–Trinajstić information content (AvgIpc) is 2.18. The molecule has 0 fully saturated rings. The van der Waals surface area contributed by atoms with Gasteiger partial charge in [0.05, 0.1) is 0 Å². The van der Waals surface area contributed by atoms with Gasteiger partial charge in [-0.05, 0) is 31.9 Å². The van der Waals surface area contributed by atoms with Crippen LogP contribution in [0.3, 0.4) is 0 Å². The molecule has 0 spiro atoms. The van der Waals surface area contributed by atoms with Crippen LogP contribution in [0.1, 0.15) is 40.0 Å². The Morgan fingerprint density at radius 2 is 2.07 bits per heavy atom. The molecule has 0 heterocycles. The van der Waals surface area contributed by atoms with Crippen molar-refractivity contribution in [1.82, 2.24) is 0 Å². The van der Waals surface area contributed by atoms with Crippen LogP contribution in [0, 0.1) is 0 Å². The van der Waals surface area contributed by atoms with Crippen molar-refractivity contribution < 1.29 is 0 Å². The first-order valence-electron chi connectivity index (χ1n) is 5.94. The zero-order chi connectivity index (χ0) is 11.3. The Bertz CT molecular complexity index is 311. The van der Waals surface area contributed by atoms with Gasteiger partial charge in [0, 0.05) is 11.2 Å². The first-order chi connectivity index (χ1) is 7.09. The quantitative estimate of drug-likeness (QED) is 0.724. The Kier molecular flexibility index (Phi) is 4.25. The Morgan fingerprint density at radius 3 is 2.60 bits per heavy atom. The van der Waals surface area contributed by atoms with Crippen molar-refractivity contribution in [2.24, 2.45) is 0 Å². The SMILES string of the molecule is Bc1cccc(NC(C)(CC)CCC)c1. The number of benzene rings is 1. The van der Waals surface area contributed by atoms with E-state index in [-0.39, 0.29) is 5.54 Å². The highest BCUT2D eigenvalue weighted by Gasteiger charge is 2.19. The van der Waals surface area contributed by atoms with Crippen molar-refractivity contribution in [2.45, 2.75) is 45.6 Å². The fraction of sp³-hybridized carbons (Fsp3) is 0.538. The lowest BCUT2D eigenvalue weighted by molar-refractivity contribution is 0.451. The molecule has 0 saturated carbocycles. The summed E-state index contributed by atoms with van der Waals surface area (Å²) in [5.41, 5.74) is 2.80. The van der Waals surface area contributed by atoms with Crippen molar-refractivity contribution in [3.63, 3.8) is 0 Å². The van der Waals surface area contributed by atoms with E-state index in [2.05, 4.69) is 58.2 Å². The Labute approximate surface area is 94.7 Å². The van der Waals surface area contributed by atoms with Gasteiger partial charge >= 0.3 is 0 Å². The molecule has 1 unspecified atom stereocenters. The number of hydrogen-bond acceptors (Lipinski definition) is 1.